The van der Waals surface area contributed by atoms with E-state index >= 15 is 0 Å². The molecule has 2 aliphatic rings. The van der Waals surface area contributed by atoms with E-state index in [0.717, 1.165) is 63.9 Å². The molecule has 0 saturated carbocycles. The van der Waals surface area contributed by atoms with E-state index in [1.54, 1.807) is 0 Å². The minimum Gasteiger partial charge on any atom is -0.493 e. The van der Waals surface area contributed by atoms with Gasteiger partial charge in [-0.05, 0) is 42.7 Å². The summed E-state index contributed by atoms with van der Waals surface area (Å²) in [4.78, 5) is 16.4. The van der Waals surface area contributed by atoms with Crippen LogP contribution in [0.5, 0.6) is 5.75 Å². The molecule has 2 atom stereocenters. The number of fused-ring (bicyclic) bond motifs is 1. The predicted octanol–water partition coefficient (Wildman–Crippen LogP) is 4.65. The molecule has 0 radical (unpaired) electrons. The summed E-state index contributed by atoms with van der Waals surface area (Å²) >= 11 is 0. The maximum Gasteiger partial charge on any atom is 0.411 e. The van der Waals surface area contributed by atoms with Crippen molar-refractivity contribution < 1.29 is 19.0 Å². The van der Waals surface area contributed by atoms with Gasteiger partial charge < -0.3 is 19.1 Å². The molecule has 0 aliphatic carbocycles. The average Bonchev–Trinajstić information content (AvgIpc) is 3.13. The highest BCUT2D eigenvalue weighted by Gasteiger charge is 2.36. The fourth-order valence-corrected chi connectivity index (χ4v) is 4.91. The van der Waals surface area contributed by atoms with Crippen LogP contribution in [0.1, 0.15) is 43.4 Å². The van der Waals surface area contributed by atoms with Crippen molar-refractivity contribution in [1.29, 1.82) is 0 Å². The molecule has 7 heteroatoms. The lowest BCUT2D eigenvalue weighted by Crippen LogP contribution is -2.37. The second-order valence-corrected chi connectivity index (χ2v) is 8.63. The van der Waals surface area contributed by atoms with E-state index in [2.05, 4.69) is 64.0 Å². The summed E-state index contributed by atoms with van der Waals surface area (Å²) in [5, 5.41) is 2.72. The zero-order valence-electron chi connectivity index (χ0n) is 19.9. The number of anilines is 2. The fourth-order valence-electron chi connectivity index (χ4n) is 4.91. The molecule has 0 bridgehead atoms. The van der Waals surface area contributed by atoms with E-state index < -0.39 is 6.09 Å². The van der Waals surface area contributed by atoms with Crippen LogP contribution in [0.15, 0.2) is 42.5 Å². The number of hydrogen-bond acceptors (Lipinski definition) is 6. The zero-order chi connectivity index (χ0) is 23.2. The number of morpholine rings is 1. The van der Waals surface area contributed by atoms with Gasteiger partial charge in [0.15, 0.2) is 0 Å². The van der Waals surface area contributed by atoms with Crippen LogP contribution in [0, 0.1) is 0 Å². The van der Waals surface area contributed by atoms with Gasteiger partial charge in [-0.1, -0.05) is 25.1 Å². The molecular formula is C26H35N3O4. The Labute approximate surface area is 196 Å². The van der Waals surface area contributed by atoms with Gasteiger partial charge >= 0.3 is 6.09 Å². The second-order valence-electron chi connectivity index (χ2n) is 8.63. The van der Waals surface area contributed by atoms with Crippen LogP contribution in [0.4, 0.5) is 16.2 Å². The molecule has 0 spiro atoms. The number of carbonyl (C=O) groups excluding carboxylic acids is 1. The first-order valence-corrected chi connectivity index (χ1v) is 11.9. The van der Waals surface area contributed by atoms with Crippen LogP contribution in [0.3, 0.4) is 0 Å². The summed E-state index contributed by atoms with van der Waals surface area (Å²) in [7, 11) is 1.36. The minimum atomic E-state index is -0.461. The molecule has 4 rings (SSSR count). The lowest BCUT2D eigenvalue weighted by molar-refractivity contribution is 0.0358. The van der Waals surface area contributed by atoms with Crippen molar-refractivity contribution in [3.05, 3.63) is 53.6 Å². The van der Waals surface area contributed by atoms with Gasteiger partial charge in [-0.25, -0.2) is 4.79 Å². The van der Waals surface area contributed by atoms with Crippen molar-refractivity contribution >= 4 is 17.5 Å². The SMILES string of the molecule is CCN1c2cc(OCCCN3CCOCC3)ccc2C(C)C1c1ccc(NC(=O)OC)cc1. The zero-order valence-corrected chi connectivity index (χ0v) is 19.9. The van der Waals surface area contributed by atoms with E-state index in [0.29, 0.717) is 5.92 Å². The Bertz CT molecular complexity index is 928. The van der Waals surface area contributed by atoms with Gasteiger partial charge in [0.1, 0.15) is 5.75 Å². The third kappa shape index (κ3) is 5.42. The molecule has 1 fully saturated rings. The van der Waals surface area contributed by atoms with Gasteiger partial charge in [0.05, 0.1) is 33.0 Å². The van der Waals surface area contributed by atoms with Gasteiger partial charge in [0.25, 0.3) is 0 Å². The Kier molecular flexibility index (Phi) is 7.73. The first-order chi connectivity index (χ1) is 16.1. The van der Waals surface area contributed by atoms with Crippen LogP contribution in [-0.4, -0.2) is 64.1 Å². The maximum atomic E-state index is 11.5. The highest BCUT2D eigenvalue weighted by molar-refractivity contribution is 5.84. The first-order valence-electron chi connectivity index (χ1n) is 11.9. The summed E-state index contributed by atoms with van der Waals surface area (Å²) in [5.41, 5.74) is 4.55. The summed E-state index contributed by atoms with van der Waals surface area (Å²) < 4.78 is 16.2. The number of benzene rings is 2. The normalized spacial score (nSPS) is 20.4. The summed E-state index contributed by atoms with van der Waals surface area (Å²) in [5.74, 6) is 1.29. The highest BCUT2D eigenvalue weighted by atomic mass is 16.5. The van der Waals surface area contributed by atoms with Gasteiger partial charge in [-0.15, -0.1) is 0 Å². The third-order valence-corrected chi connectivity index (χ3v) is 6.63. The summed E-state index contributed by atoms with van der Waals surface area (Å²) in [6.45, 7) is 10.9. The monoisotopic (exact) mass is 453 g/mol. The number of rotatable bonds is 8. The molecule has 33 heavy (non-hydrogen) atoms. The lowest BCUT2D eigenvalue weighted by Gasteiger charge is -2.29. The summed E-state index contributed by atoms with van der Waals surface area (Å²) in [6, 6.07) is 14.8. The van der Waals surface area contributed by atoms with Gasteiger partial charge in [0.2, 0.25) is 0 Å². The Balaban J connectivity index is 1.41. The van der Waals surface area contributed by atoms with Crippen molar-refractivity contribution in [1.82, 2.24) is 4.90 Å². The molecule has 2 aliphatic heterocycles. The van der Waals surface area contributed by atoms with Gasteiger partial charge in [-0.2, -0.15) is 0 Å². The van der Waals surface area contributed by atoms with E-state index in [4.69, 9.17) is 9.47 Å². The lowest BCUT2D eigenvalue weighted by atomic mass is 9.92. The van der Waals surface area contributed by atoms with Gasteiger partial charge in [0, 0.05) is 49.5 Å². The molecule has 2 aromatic carbocycles. The van der Waals surface area contributed by atoms with E-state index in [1.165, 1.54) is 23.9 Å². The van der Waals surface area contributed by atoms with Crippen LogP contribution in [0.2, 0.25) is 0 Å². The largest absolute Gasteiger partial charge is 0.493 e. The van der Waals surface area contributed by atoms with Gasteiger partial charge in [-0.3, -0.25) is 10.2 Å². The number of amides is 1. The molecule has 178 valence electrons. The molecule has 7 nitrogen and oxygen atoms in total. The number of ether oxygens (including phenoxy) is 3. The molecule has 1 saturated heterocycles. The van der Waals surface area contributed by atoms with Crippen molar-refractivity contribution in [2.24, 2.45) is 0 Å². The Hall–Kier alpha value is -2.77. The Morgan fingerprint density at radius 3 is 2.61 bits per heavy atom. The van der Waals surface area contributed by atoms with Crippen LogP contribution >= 0.6 is 0 Å². The van der Waals surface area contributed by atoms with Crippen molar-refractivity contribution in [3.63, 3.8) is 0 Å². The van der Waals surface area contributed by atoms with E-state index in [9.17, 15) is 4.79 Å². The topological polar surface area (TPSA) is 63.3 Å². The Morgan fingerprint density at radius 2 is 1.91 bits per heavy atom. The van der Waals surface area contributed by atoms with Crippen LogP contribution in [-0.2, 0) is 9.47 Å². The average molecular weight is 454 g/mol. The molecule has 0 aromatic heterocycles. The van der Waals surface area contributed by atoms with E-state index in [-0.39, 0.29) is 6.04 Å². The molecule has 2 aromatic rings. The van der Waals surface area contributed by atoms with E-state index in [1.807, 2.05) is 12.1 Å². The highest BCUT2D eigenvalue weighted by Crippen LogP contribution is 2.49. The predicted molar refractivity (Wildman–Crippen MR) is 130 cm³/mol. The Morgan fingerprint density at radius 1 is 1.15 bits per heavy atom. The molecule has 2 unspecified atom stereocenters. The fraction of sp³-hybridized carbons (Fsp3) is 0.500. The number of nitrogens with zero attached hydrogens (tertiary/aromatic N) is 2. The number of hydrogen-bond donors (Lipinski definition) is 1. The quantitative estimate of drug-likeness (QED) is 0.587. The molecule has 1 amide bonds. The van der Waals surface area contributed by atoms with Crippen molar-refractivity contribution in [3.8, 4) is 5.75 Å². The van der Waals surface area contributed by atoms with Crippen LogP contribution < -0.4 is 15.0 Å². The molecular weight excluding hydrogens is 418 g/mol. The molecule has 1 N–H and O–H groups in total. The minimum absolute atomic E-state index is 0.244. The second kappa shape index (κ2) is 10.9. The smallest absolute Gasteiger partial charge is 0.411 e. The number of likely N-dealkylation sites (N-methyl/N-ethyl adjacent to an activating group) is 1. The standard InChI is InChI=1S/C26H35N3O4/c1-4-29-24-18-22(33-15-5-12-28-13-16-32-17-14-28)10-11-23(24)19(2)25(29)20-6-8-21(9-7-20)27-26(30)31-3/h6-11,18-19,25H,4-5,12-17H2,1-3H3,(H,27,30). The first kappa shape index (κ1) is 23.4. The van der Waals surface area contributed by atoms with Crippen molar-refractivity contribution in [2.75, 3.05) is 63.3 Å². The maximum absolute atomic E-state index is 11.5. The number of carbonyl (C=O) groups is 1. The van der Waals surface area contributed by atoms with Crippen LogP contribution in [0.25, 0.3) is 0 Å². The number of methoxy groups -OCH3 is 1. The van der Waals surface area contributed by atoms with Crippen molar-refractivity contribution in [2.45, 2.75) is 32.2 Å². The number of nitrogens with one attached hydrogen (secondary N) is 1. The molecule has 2 heterocycles. The summed E-state index contributed by atoms with van der Waals surface area (Å²) in [6.07, 6.45) is 0.552. The third-order valence-electron chi connectivity index (χ3n) is 6.63.